The first-order chi connectivity index (χ1) is 12.8. The van der Waals surface area contributed by atoms with Gasteiger partial charge in [0.05, 0.1) is 15.8 Å². The highest BCUT2D eigenvalue weighted by molar-refractivity contribution is 6.08. The fourth-order valence-corrected chi connectivity index (χ4v) is 2.30. The van der Waals surface area contributed by atoms with E-state index in [0.29, 0.717) is 10.9 Å². The monoisotopic (exact) mass is 368 g/mol. The molecular formula is C17H16N6O4. The summed E-state index contributed by atoms with van der Waals surface area (Å²) in [4.78, 5) is 38.7. The zero-order valence-electron chi connectivity index (χ0n) is 14.5. The van der Waals surface area contributed by atoms with Crippen molar-refractivity contribution in [3.05, 3.63) is 52.2 Å². The number of fused-ring (bicyclic) bond motifs is 1. The first-order valence-corrected chi connectivity index (χ1v) is 8.06. The Hall–Kier alpha value is -3.82. The van der Waals surface area contributed by atoms with E-state index in [0.717, 1.165) is 0 Å². The van der Waals surface area contributed by atoms with Crippen LogP contribution in [0.1, 0.15) is 24.2 Å². The summed E-state index contributed by atoms with van der Waals surface area (Å²) in [6.07, 6.45) is 1.40. The Bertz CT molecular complexity index is 1040. The van der Waals surface area contributed by atoms with E-state index in [1.807, 2.05) is 0 Å². The molecule has 0 saturated carbocycles. The number of pyridine rings is 1. The van der Waals surface area contributed by atoms with Gasteiger partial charge < -0.3 is 10.6 Å². The van der Waals surface area contributed by atoms with Crippen molar-refractivity contribution in [2.45, 2.75) is 13.8 Å². The number of carbonyl (C=O) groups excluding carboxylic acids is 2. The maximum atomic E-state index is 12.5. The molecule has 10 nitrogen and oxygen atoms in total. The molecule has 0 bridgehead atoms. The molecule has 3 N–H and O–H groups in total. The maximum absolute atomic E-state index is 12.5. The second-order valence-electron chi connectivity index (χ2n) is 6.09. The predicted molar refractivity (Wildman–Crippen MR) is 98.4 cm³/mol. The van der Waals surface area contributed by atoms with Gasteiger partial charge in [-0.2, -0.15) is 5.10 Å². The average Bonchev–Trinajstić information content (AvgIpc) is 3.03. The molecule has 10 heteroatoms. The largest absolute Gasteiger partial charge is 0.310 e. The second-order valence-corrected chi connectivity index (χ2v) is 6.09. The highest BCUT2D eigenvalue weighted by atomic mass is 16.6. The number of aromatic nitrogens is 3. The van der Waals surface area contributed by atoms with Crippen molar-refractivity contribution in [3.8, 4) is 0 Å². The van der Waals surface area contributed by atoms with Crippen LogP contribution in [0.3, 0.4) is 0 Å². The van der Waals surface area contributed by atoms with Gasteiger partial charge in [0.1, 0.15) is 5.82 Å². The lowest BCUT2D eigenvalue weighted by Crippen LogP contribution is -2.19. The molecule has 0 atom stereocenters. The number of rotatable bonds is 5. The minimum absolute atomic E-state index is 0.109. The number of H-pyrrole nitrogens is 1. The molecule has 0 fully saturated rings. The van der Waals surface area contributed by atoms with Gasteiger partial charge in [0.2, 0.25) is 5.91 Å². The van der Waals surface area contributed by atoms with E-state index >= 15 is 0 Å². The lowest BCUT2D eigenvalue weighted by molar-refractivity contribution is -0.384. The highest BCUT2D eigenvalue weighted by Gasteiger charge is 2.16. The van der Waals surface area contributed by atoms with Gasteiger partial charge in [0, 0.05) is 29.8 Å². The highest BCUT2D eigenvalue weighted by Crippen LogP contribution is 2.25. The Morgan fingerprint density at radius 3 is 2.67 bits per heavy atom. The summed E-state index contributed by atoms with van der Waals surface area (Å²) >= 11 is 0. The van der Waals surface area contributed by atoms with E-state index < -0.39 is 10.8 Å². The standard InChI is InChI=1S/C17H16N6O4/c1-9(2)16(24)19-14-7-10(5-6-18-14)17(25)20-15-12-8-11(23(26)27)3-4-13(12)21-22-15/h3-9H,1-2H3,(H,18,19,24)(H2,20,21,22,25). The number of aromatic amines is 1. The smallest absolute Gasteiger partial charge is 0.270 e. The SMILES string of the molecule is CC(C)C(=O)Nc1cc(C(=O)Nc2n[nH]c3ccc([N+](=O)[O-])cc23)ccn1. The molecule has 2 amide bonds. The molecule has 0 radical (unpaired) electrons. The molecule has 2 aromatic heterocycles. The van der Waals surface area contributed by atoms with Crippen LogP contribution in [0.15, 0.2) is 36.5 Å². The number of nitro benzene ring substituents is 1. The number of nitro groups is 1. The number of non-ortho nitro benzene ring substituents is 1. The molecular weight excluding hydrogens is 352 g/mol. The minimum atomic E-state index is -0.523. The van der Waals surface area contributed by atoms with Gasteiger partial charge >= 0.3 is 0 Å². The number of amides is 2. The number of benzene rings is 1. The van der Waals surface area contributed by atoms with Crippen molar-refractivity contribution in [3.63, 3.8) is 0 Å². The fraction of sp³-hybridized carbons (Fsp3) is 0.176. The summed E-state index contributed by atoms with van der Waals surface area (Å²) in [7, 11) is 0. The number of hydrogen-bond donors (Lipinski definition) is 3. The van der Waals surface area contributed by atoms with Gasteiger partial charge in [-0.05, 0) is 18.2 Å². The predicted octanol–water partition coefficient (Wildman–Crippen LogP) is 2.71. The van der Waals surface area contributed by atoms with E-state index in [1.54, 1.807) is 13.8 Å². The molecule has 2 heterocycles. The van der Waals surface area contributed by atoms with Crippen LogP contribution in [-0.4, -0.2) is 31.9 Å². The quantitative estimate of drug-likeness (QED) is 0.467. The van der Waals surface area contributed by atoms with Crippen LogP contribution in [0.25, 0.3) is 10.9 Å². The molecule has 0 aliphatic carbocycles. The number of nitrogens with one attached hydrogen (secondary N) is 3. The first kappa shape index (κ1) is 18.0. The summed E-state index contributed by atoms with van der Waals surface area (Å²) in [6.45, 7) is 3.49. The number of anilines is 2. The van der Waals surface area contributed by atoms with E-state index in [-0.39, 0.29) is 34.7 Å². The summed E-state index contributed by atoms with van der Waals surface area (Å²) in [6, 6.07) is 7.11. The summed E-state index contributed by atoms with van der Waals surface area (Å²) in [5.41, 5.74) is 0.697. The van der Waals surface area contributed by atoms with E-state index in [1.165, 1.54) is 36.5 Å². The van der Waals surface area contributed by atoms with Crippen LogP contribution in [0, 0.1) is 16.0 Å². The molecule has 0 saturated heterocycles. The molecule has 3 aromatic rings. The number of nitrogens with zero attached hydrogens (tertiary/aromatic N) is 3. The van der Waals surface area contributed by atoms with Crippen LogP contribution in [0.2, 0.25) is 0 Å². The van der Waals surface area contributed by atoms with Gasteiger partial charge in [0.15, 0.2) is 5.82 Å². The van der Waals surface area contributed by atoms with Crippen LogP contribution < -0.4 is 10.6 Å². The van der Waals surface area contributed by atoms with Crippen LogP contribution >= 0.6 is 0 Å². The Kier molecular flexibility index (Phi) is 4.79. The third kappa shape index (κ3) is 3.89. The summed E-state index contributed by atoms with van der Waals surface area (Å²) in [5.74, 6) is -0.509. The van der Waals surface area contributed by atoms with Gasteiger partial charge in [-0.15, -0.1) is 0 Å². The van der Waals surface area contributed by atoms with Crippen LogP contribution in [0.5, 0.6) is 0 Å². The van der Waals surface area contributed by atoms with Crippen molar-refractivity contribution in [2.75, 3.05) is 10.6 Å². The Morgan fingerprint density at radius 2 is 1.96 bits per heavy atom. The third-order valence-electron chi connectivity index (χ3n) is 3.79. The fourth-order valence-electron chi connectivity index (χ4n) is 2.30. The Morgan fingerprint density at radius 1 is 1.19 bits per heavy atom. The molecule has 0 aliphatic heterocycles. The normalized spacial score (nSPS) is 10.8. The molecule has 0 aliphatic rings. The number of carbonyl (C=O) groups is 2. The topological polar surface area (TPSA) is 143 Å². The van der Waals surface area contributed by atoms with E-state index in [9.17, 15) is 19.7 Å². The molecule has 27 heavy (non-hydrogen) atoms. The zero-order chi connectivity index (χ0) is 19.6. The Balaban J connectivity index is 1.83. The summed E-state index contributed by atoms with van der Waals surface area (Å²) < 4.78 is 0. The molecule has 1 aromatic carbocycles. The second kappa shape index (κ2) is 7.20. The molecule has 3 rings (SSSR count). The lowest BCUT2D eigenvalue weighted by Gasteiger charge is -2.08. The maximum Gasteiger partial charge on any atom is 0.270 e. The van der Waals surface area contributed by atoms with E-state index in [2.05, 4.69) is 25.8 Å². The van der Waals surface area contributed by atoms with Gasteiger partial charge in [-0.25, -0.2) is 4.98 Å². The first-order valence-electron chi connectivity index (χ1n) is 8.06. The number of hydrogen-bond acceptors (Lipinski definition) is 6. The minimum Gasteiger partial charge on any atom is -0.310 e. The Labute approximate surface area is 153 Å². The van der Waals surface area contributed by atoms with Gasteiger partial charge in [0.25, 0.3) is 11.6 Å². The zero-order valence-corrected chi connectivity index (χ0v) is 14.5. The van der Waals surface area contributed by atoms with Crippen LogP contribution in [0.4, 0.5) is 17.3 Å². The van der Waals surface area contributed by atoms with Gasteiger partial charge in [-0.1, -0.05) is 13.8 Å². The van der Waals surface area contributed by atoms with Crippen LogP contribution in [-0.2, 0) is 4.79 Å². The molecule has 0 spiro atoms. The van der Waals surface area contributed by atoms with Crippen molar-refractivity contribution >= 4 is 40.0 Å². The summed E-state index contributed by atoms with van der Waals surface area (Å²) in [5, 5.41) is 23.3. The van der Waals surface area contributed by atoms with Crippen molar-refractivity contribution in [1.82, 2.24) is 15.2 Å². The molecule has 0 unspecified atom stereocenters. The third-order valence-corrected chi connectivity index (χ3v) is 3.79. The van der Waals surface area contributed by atoms with Crippen molar-refractivity contribution < 1.29 is 14.5 Å². The average molecular weight is 368 g/mol. The van der Waals surface area contributed by atoms with Gasteiger partial charge in [-0.3, -0.25) is 24.8 Å². The molecule has 138 valence electrons. The van der Waals surface area contributed by atoms with Crippen molar-refractivity contribution in [1.29, 1.82) is 0 Å². The lowest BCUT2D eigenvalue weighted by atomic mass is 10.2. The van der Waals surface area contributed by atoms with Crippen molar-refractivity contribution in [2.24, 2.45) is 5.92 Å². The van der Waals surface area contributed by atoms with E-state index in [4.69, 9.17) is 0 Å².